The highest BCUT2D eigenvalue weighted by molar-refractivity contribution is 5.66. The van der Waals surface area contributed by atoms with Gasteiger partial charge >= 0.3 is 0 Å². The molecule has 2 aromatic rings. The third-order valence-corrected chi connectivity index (χ3v) is 3.86. The monoisotopic (exact) mass is 268 g/mol. The van der Waals surface area contributed by atoms with Crippen molar-refractivity contribution in [3.8, 4) is 0 Å². The average Bonchev–Trinajstić information content (AvgIpc) is 2.41. The Balaban J connectivity index is 2.19. The number of hydrogen-bond donors (Lipinski definition) is 2. The number of benzene rings is 2. The molecule has 2 rings (SSSR count). The predicted molar refractivity (Wildman–Crippen MR) is 88.3 cm³/mol. The fourth-order valence-corrected chi connectivity index (χ4v) is 2.17. The van der Waals surface area contributed by atoms with Crippen LogP contribution < -0.4 is 11.1 Å². The number of nitrogens with two attached hydrogens (primary N) is 1. The van der Waals surface area contributed by atoms with Gasteiger partial charge in [-0.25, -0.2) is 0 Å². The quantitative estimate of drug-likeness (QED) is 0.761. The first kappa shape index (κ1) is 14.4. The number of rotatable bonds is 5. The van der Waals surface area contributed by atoms with Gasteiger partial charge in [0.15, 0.2) is 0 Å². The largest absolute Gasteiger partial charge is 0.399 e. The van der Waals surface area contributed by atoms with Crippen molar-refractivity contribution in [1.29, 1.82) is 0 Å². The smallest absolute Gasteiger partial charge is 0.0416 e. The Kier molecular flexibility index (Phi) is 4.67. The molecular formula is C18H24N2. The van der Waals surface area contributed by atoms with Crippen LogP contribution in [-0.4, -0.2) is 0 Å². The summed E-state index contributed by atoms with van der Waals surface area (Å²) in [5.74, 6) is 1.36. The van der Waals surface area contributed by atoms with Crippen molar-refractivity contribution in [2.75, 3.05) is 11.1 Å². The number of para-hydroxylation sites is 1. The molecule has 0 radical (unpaired) electrons. The molecule has 3 N–H and O–H groups in total. The maximum Gasteiger partial charge on any atom is 0.0416 e. The first-order valence-electron chi connectivity index (χ1n) is 7.26. The summed E-state index contributed by atoms with van der Waals surface area (Å²) in [7, 11) is 0. The Hall–Kier alpha value is -1.96. The molecule has 0 spiro atoms. The van der Waals surface area contributed by atoms with Crippen molar-refractivity contribution in [2.45, 2.75) is 27.2 Å². The van der Waals surface area contributed by atoms with Crippen molar-refractivity contribution in [3.63, 3.8) is 0 Å². The first-order valence-corrected chi connectivity index (χ1v) is 7.26. The molecule has 20 heavy (non-hydrogen) atoms. The van der Waals surface area contributed by atoms with E-state index in [2.05, 4.69) is 50.4 Å². The highest BCUT2D eigenvalue weighted by Gasteiger charge is 2.11. The third kappa shape index (κ3) is 3.77. The van der Waals surface area contributed by atoms with Crippen LogP contribution in [0.1, 0.15) is 26.3 Å². The topological polar surface area (TPSA) is 38.0 Å². The van der Waals surface area contributed by atoms with E-state index in [0.717, 1.165) is 17.8 Å². The lowest BCUT2D eigenvalue weighted by atomic mass is 9.90. The lowest BCUT2D eigenvalue weighted by Gasteiger charge is -2.18. The standard InChI is InChI=1S/C18H24N2/c1-13(2)14(3)11-15-7-4-5-10-18(15)20-17-9-6-8-16(19)12-17/h4-10,12-14,20H,11,19H2,1-3H3. The van der Waals surface area contributed by atoms with Gasteiger partial charge in [-0.3, -0.25) is 0 Å². The minimum absolute atomic E-state index is 0.666. The minimum Gasteiger partial charge on any atom is -0.399 e. The lowest BCUT2D eigenvalue weighted by molar-refractivity contribution is 0.418. The lowest BCUT2D eigenvalue weighted by Crippen LogP contribution is -2.08. The van der Waals surface area contributed by atoms with Crippen molar-refractivity contribution in [2.24, 2.45) is 11.8 Å². The van der Waals surface area contributed by atoms with Crippen molar-refractivity contribution >= 4 is 17.1 Å². The van der Waals surface area contributed by atoms with Crippen LogP contribution in [0, 0.1) is 11.8 Å². The second kappa shape index (κ2) is 6.47. The molecular weight excluding hydrogens is 244 g/mol. The summed E-state index contributed by atoms with van der Waals surface area (Å²) in [5, 5.41) is 3.48. The minimum atomic E-state index is 0.666. The molecule has 106 valence electrons. The zero-order chi connectivity index (χ0) is 14.5. The van der Waals surface area contributed by atoms with Gasteiger partial charge in [0, 0.05) is 17.1 Å². The predicted octanol–water partition coefficient (Wildman–Crippen LogP) is 4.85. The highest BCUT2D eigenvalue weighted by atomic mass is 14.9. The maximum atomic E-state index is 5.83. The molecule has 0 heterocycles. The zero-order valence-corrected chi connectivity index (χ0v) is 12.6. The van der Waals surface area contributed by atoms with Gasteiger partial charge in [0.1, 0.15) is 0 Å². The summed E-state index contributed by atoms with van der Waals surface area (Å²) in [5.41, 5.74) is 10.2. The summed E-state index contributed by atoms with van der Waals surface area (Å²) < 4.78 is 0. The molecule has 0 aromatic heterocycles. The van der Waals surface area contributed by atoms with Crippen LogP contribution in [0.4, 0.5) is 17.1 Å². The molecule has 0 aliphatic carbocycles. The van der Waals surface area contributed by atoms with Crippen LogP contribution in [-0.2, 0) is 6.42 Å². The van der Waals surface area contributed by atoms with Gasteiger partial charge in [0.25, 0.3) is 0 Å². The third-order valence-electron chi connectivity index (χ3n) is 3.86. The summed E-state index contributed by atoms with van der Waals surface area (Å²) in [4.78, 5) is 0. The van der Waals surface area contributed by atoms with Crippen molar-refractivity contribution in [1.82, 2.24) is 0 Å². The van der Waals surface area contributed by atoms with Crippen LogP contribution in [0.25, 0.3) is 0 Å². The Morgan fingerprint density at radius 3 is 2.45 bits per heavy atom. The molecule has 0 aliphatic rings. The SMILES string of the molecule is CC(C)C(C)Cc1ccccc1Nc1cccc(N)c1. The second-order valence-electron chi connectivity index (χ2n) is 5.83. The Morgan fingerprint density at radius 2 is 1.75 bits per heavy atom. The summed E-state index contributed by atoms with van der Waals surface area (Å²) in [6.07, 6.45) is 1.09. The van der Waals surface area contributed by atoms with E-state index in [0.29, 0.717) is 11.8 Å². The van der Waals surface area contributed by atoms with E-state index in [1.165, 1.54) is 11.3 Å². The molecule has 1 atom stereocenters. The molecule has 2 heteroatoms. The van der Waals surface area contributed by atoms with Crippen LogP contribution in [0.15, 0.2) is 48.5 Å². The second-order valence-corrected chi connectivity index (χ2v) is 5.83. The zero-order valence-electron chi connectivity index (χ0n) is 12.6. The number of nitrogens with one attached hydrogen (secondary N) is 1. The molecule has 0 bridgehead atoms. The van der Waals surface area contributed by atoms with Crippen LogP contribution >= 0.6 is 0 Å². The van der Waals surface area contributed by atoms with Gasteiger partial charge in [-0.2, -0.15) is 0 Å². The fraction of sp³-hybridized carbons (Fsp3) is 0.333. The van der Waals surface area contributed by atoms with Gasteiger partial charge in [0.05, 0.1) is 0 Å². The fourth-order valence-electron chi connectivity index (χ4n) is 2.17. The van der Waals surface area contributed by atoms with Crippen LogP contribution in [0.3, 0.4) is 0 Å². The van der Waals surface area contributed by atoms with E-state index in [1.54, 1.807) is 0 Å². The molecule has 0 saturated heterocycles. The van der Waals surface area contributed by atoms with Gasteiger partial charge in [-0.1, -0.05) is 45.0 Å². The molecule has 0 amide bonds. The van der Waals surface area contributed by atoms with Gasteiger partial charge in [0.2, 0.25) is 0 Å². The molecule has 1 unspecified atom stereocenters. The molecule has 0 saturated carbocycles. The number of hydrogen-bond acceptors (Lipinski definition) is 2. The number of anilines is 3. The van der Waals surface area contributed by atoms with Crippen LogP contribution in [0.2, 0.25) is 0 Å². The Bertz CT molecular complexity index is 561. The first-order chi connectivity index (χ1) is 9.56. The van der Waals surface area contributed by atoms with E-state index in [-0.39, 0.29) is 0 Å². The van der Waals surface area contributed by atoms with E-state index in [4.69, 9.17) is 5.73 Å². The Labute approximate surface area is 122 Å². The maximum absolute atomic E-state index is 5.83. The molecule has 0 fully saturated rings. The van der Waals surface area contributed by atoms with Gasteiger partial charge < -0.3 is 11.1 Å². The van der Waals surface area contributed by atoms with E-state index in [1.807, 2.05) is 24.3 Å². The van der Waals surface area contributed by atoms with E-state index >= 15 is 0 Å². The average molecular weight is 268 g/mol. The summed E-state index contributed by atoms with van der Waals surface area (Å²) >= 11 is 0. The van der Waals surface area contributed by atoms with Gasteiger partial charge in [-0.15, -0.1) is 0 Å². The number of nitrogen functional groups attached to an aromatic ring is 1. The summed E-state index contributed by atoms with van der Waals surface area (Å²) in [6, 6.07) is 16.4. The normalized spacial score (nSPS) is 12.4. The van der Waals surface area contributed by atoms with Crippen molar-refractivity contribution in [3.05, 3.63) is 54.1 Å². The highest BCUT2D eigenvalue weighted by Crippen LogP contribution is 2.26. The van der Waals surface area contributed by atoms with Crippen molar-refractivity contribution < 1.29 is 0 Å². The molecule has 2 aromatic carbocycles. The van der Waals surface area contributed by atoms with Gasteiger partial charge in [-0.05, 0) is 48.1 Å². The van der Waals surface area contributed by atoms with E-state index in [9.17, 15) is 0 Å². The van der Waals surface area contributed by atoms with Crippen LogP contribution in [0.5, 0.6) is 0 Å². The molecule has 0 aliphatic heterocycles. The Morgan fingerprint density at radius 1 is 1.00 bits per heavy atom. The molecule has 2 nitrogen and oxygen atoms in total. The summed E-state index contributed by atoms with van der Waals surface area (Å²) in [6.45, 7) is 6.86. The van der Waals surface area contributed by atoms with E-state index < -0.39 is 0 Å².